The van der Waals surface area contributed by atoms with Crippen LogP contribution in [0.1, 0.15) is 27.5 Å². The predicted octanol–water partition coefficient (Wildman–Crippen LogP) is 5.52. The molecule has 5 rings (SSSR count). The molecular weight excluding hydrogens is 448 g/mol. The van der Waals surface area contributed by atoms with Crippen LogP contribution in [0.3, 0.4) is 0 Å². The Hall–Kier alpha value is -4.04. The third-order valence-electron chi connectivity index (χ3n) is 5.19. The molecule has 4 aromatic rings. The zero-order chi connectivity index (χ0) is 22.9. The van der Waals surface area contributed by atoms with Gasteiger partial charge in [-0.3, -0.25) is 10.1 Å². The second kappa shape index (κ2) is 8.48. The Bertz CT molecular complexity index is 1370. The summed E-state index contributed by atoms with van der Waals surface area (Å²) in [6, 6.07) is 18.7. The molecule has 0 fully saturated rings. The van der Waals surface area contributed by atoms with Gasteiger partial charge < -0.3 is 5.32 Å². The van der Waals surface area contributed by atoms with Crippen LogP contribution in [0.5, 0.6) is 0 Å². The SMILES string of the molecule is O=C(Nc1nc2n(n1)[C@H](c1c(F)cccc1Cl)C=C(c1ccccc1)N2)c1ccccc1F. The minimum atomic E-state index is -0.739. The zero-order valence-electron chi connectivity index (χ0n) is 17.0. The van der Waals surface area contributed by atoms with Gasteiger partial charge in [-0.1, -0.05) is 60.1 Å². The second-order valence-corrected chi connectivity index (χ2v) is 7.70. The summed E-state index contributed by atoms with van der Waals surface area (Å²) in [4.78, 5) is 16.9. The molecule has 0 saturated heterocycles. The van der Waals surface area contributed by atoms with Crippen molar-refractivity contribution in [2.75, 3.05) is 10.6 Å². The first-order chi connectivity index (χ1) is 16.0. The quantitative estimate of drug-likeness (QED) is 0.418. The third-order valence-corrected chi connectivity index (χ3v) is 5.52. The number of carbonyl (C=O) groups excluding carboxylic acids is 1. The summed E-state index contributed by atoms with van der Waals surface area (Å²) in [6.07, 6.45) is 1.78. The number of nitrogens with one attached hydrogen (secondary N) is 2. The van der Waals surface area contributed by atoms with Crippen molar-refractivity contribution in [3.05, 3.63) is 112 Å². The summed E-state index contributed by atoms with van der Waals surface area (Å²) in [7, 11) is 0. The molecule has 0 saturated carbocycles. The first-order valence-electron chi connectivity index (χ1n) is 10.0. The number of hydrogen-bond donors (Lipinski definition) is 2. The largest absolute Gasteiger partial charge is 0.324 e. The van der Waals surface area contributed by atoms with Gasteiger partial charge in [0, 0.05) is 16.3 Å². The maximum Gasteiger partial charge on any atom is 0.261 e. The molecule has 1 amide bonds. The van der Waals surface area contributed by atoms with Crippen molar-refractivity contribution in [3.8, 4) is 0 Å². The zero-order valence-corrected chi connectivity index (χ0v) is 17.7. The first kappa shape index (κ1) is 20.8. The van der Waals surface area contributed by atoms with Crippen molar-refractivity contribution in [2.45, 2.75) is 6.04 Å². The van der Waals surface area contributed by atoms with E-state index < -0.39 is 23.6 Å². The summed E-state index contributed by atoms with van der Waals surface area (Å²) in [5.74, 6) is -1.67. The number of benzene rings is 3. The lowest BCUT2D eigenvalue weighted by Crippen LogP contribution is -2.21. The lowest BCUT2D eigenvalue weighted by molar-refractivity contribution is 0.102. The fraction of sp³-hybridized carbons (Fsp3) is 0.0417. The number of amides is 1. The molecule has 1 atom stereocenters. The Morgan fingerprint density at radius 3 is 2.45 bits per heavy atom. The number of aromatic nitrogens is 3. The monoisotopic (exact) mass is 463 g/mol. The van der Waals surface area contributed by atoms with Gasteiger partial charge in [0.25, 0.3) is 11.9 Å². The van der Waals surface area contributed by atoms with Gasteiger partial charge >= 0.3 is 0 Å². The van der Waals surface area contributed by atoms with Gasteiger partial charge in [0.15, 0.2) is 0 Å². The van der Waals surface area contributed by atoms with Crippen LogP contribution in [0.15, 0.2) is 78.9 Å². The average molecular weight is 464 g/mol. The lowest BCUT2D eigenvalue weighted by atomic mass is 10.0. The van der Waals surface area contributed by atoms with Crippen molar-refractivity contribution in [1.82, 2.24) is 14.8 Å². The van der Waals surface area contributed by atoms with E-state index in [1.165, 1.54) is 35.0 Å². The van der Waals surface area contributed by atoms with Crippen molar-refractivity contribution < 1.29 is 13.6 Å². The molecule has 0 bridgehead atoms. The summed E-state index contributed by atoms with van der Waals surface area (Å²) in [6.45, 7) is 0. The Kier molecular flexibility index (Phi) is 5.35. The summed E-state index contributed by atoms with van der Waals surface area (Å²) >= 11 is 6.35. The number of allylic oxidation sites excluding steroid dienone is 1. The highest BCUT2D eigenvalue weighted by Gasteiger charge is 2.29. The van der Waals surface area contributed by atoms with Crippen molar-refractivity contribution in [3.63, 3.8) is 0 Å². The van der Waals surface area contributed by atoms with E-state index in [9.17, 15) is 13.6 Å². The van der Waals surface area contributed by atoms with Crippen molar-refractivity contribution in [2.24, 2.45) is 0 Å². The molecule has 2 heterocycles. The van der Waals surface area contributed by atoms with Gasteiger partial charge in [-0.2, -0.15) is 4.98 Å². The summed E-state index contributed by atoms with van der Waals surface area (Å²) < 4.78 is 30.3. The Labute approximate surface area is 192 Å². The molecule has 0 unspecified atom stereocenters. The van der Waals surface area contributed by atoms with Gasteiger partial charge in [-0.25, -0.2) is 13.5 Å². The van der Waals surface area contributed by atoms with Crippen LogP contribution in [0, 0.1) is 11.6 Å². The molecule has 2 N–H and O–H groups in total. The van der Waals surface area contributed by atoms with Gasteiger partial charge in [0.2, 0.25) is 5.95 Å². The molecule has 1 aliphatic heterocycles. The number of fused-ring (bicyclic) bond motifs is 1. The molecular formula is C24H16ClF2N5O. The van der Waals surface area contributed by atoms with Crippen molar-refractivity contribution >= 4 is 35.1 Å². The highest BCUT2D eigenvalue weighted by Crippen LogP contribution is 2.37. The van der Waals surface area contributed by atoms with Crippen LogP contribution in [0.2, 0.25) is 5.02 Å². The van der Waals surface area contributed by atoms with E-state index in [-0.39, 0.29) is 28.0 Å². The van der Waals surface area contributed by atoms with Gasteiger partial charge in [0.1, 0.15) is 17.7 Å². The number of carbonyl (C=O) groups is 1. The van der Waals surface area contributed by atoms with E-state index in [1.807, 2.05) is 30.3 Å². The first-order valence-corrected chi connectivity index (χ1v) is 10.4. The van der Waals surface area contributed by atoms with Crippen LogP contribution in [-0.2, 0) is 0 Å². The van der Waals surface area contributed by atoms with E-state index in [1.54, 1.807) is 18.2 Å². The molecule has 164 valence electrons. The predicted molar refractivity (Wildman–Crippen MR) is 122 cm³/mol. The highest BCUT2D eigenvalue weighted by molar-refractivity contribution is 6.31. The summed E-state index contributed by atoms with van der Waals surface area (Å²) in [5, 5.41) is 10.2. The smallest absolute Gasteiger partial charge is 0.261 e. The van der Waals surface area contributed by atoms with Crippen LogP contribution in [0.25, 0.3) is 5.70 Å². The molecule has 0 aliphatic carbocycles. The fourth-order valence-corrected chi connectivity index (χ4v) is 3.92. The molecule has 33 heavy (non-hydrogen) atoms. The lowest BCUT2D eigenvalue weighted by Gasteiger charge is -2.25. The maximum atomic E-state index is 14.8. The normalized spacial score (nSPS) is 14.8. The number of halogens is 3. The minimum Gasteiger partial charge on any atom is -0.324 e. The molecule has 9 heteroatoms. The topological polar surface area (TPSA) is 71.8 Å². The van der Waals surface area contributed by atoms with Crippen molar-refractivity contribution in [1.29, 1.82) is 0 Å². The molecule has 0 radical (unpaired) electrons. The van der Waals surface area contributed by atoms with Crippen LogP contribution in [-0.4, -0.2) is 20.7 Å². The van der Waals surface area contributed by atoms with Crippen LogP contribution >= 0.6 is 11.6 Å². The van der Waals surface area contributed by atoms with E-state index in [0.717, 1.165) is 5.56 Å². The number of rotatable bonds is 4. The Morgan fingerprint density at radius 1 is 0.970 bits per heavy atom. The van der Waals surface area contributed by atoms with Gasteiger partial charge in [0.05, 0.1) is 5.56 Å². The molecule has 1 aromatic heterocycles. The maximum absolute atomic E-state index is 14.8. The van der Waals surface area contributed by atoms with Gasteiger partial charge in [-0.05, 0) is 35.9 Å². The second-order valence-electron chi connectivity index (χ2n) is 7.29. The standard InChI is InChI=1S/C24H16ClF2N5O/c25-16-10-6-12-18(27)21(16)20-13-19(14-7-2-1-3-8-14)28-24-30-23(31-32(20)24)29-22(33)15-9-4-5-11-17(15)26/h1-13,20H,(H2,28,29,30,31,33)/t20-/m0/s1. The van der Waals surface area contributed by atoms with E-state index in [0.29, 0.717) is 5.70 Å². The fourth-order valence-electron chi connectivity index (χ4n) is 3.65. The van der Waals surface area contributed by atoms with E-state index >= 15 is 0 Å². The Morgan fingerprint density at radius 2 is 1.70 bits per heavy atom. The number of hydrogen-bond acceptors (Lipinski definition) is 4. The molecule has 1 aliphatic rings. The van der Waals surface area contributed by atoms with E-state index in [4.69, 9.17) is 11.6 Å². The average Bonchev–Trinajstić information content (AvgIpc) is 3.22. The van der Waals surface area contributed by atoms with Crippen LogP contribution < -0.4 is 10.6 Å². The third kappa shape index (κ3) is 3.96. The Balaban J connectivity index is 1.56. The van der Waals surface area contributed by atoms with Gasteiger partial charge in [-0.15, -0.1) is 5.10 Å². The van der Waals surface area contributed by atoms with E-state index in [2.05, 4.69) is 20.7 Å². The summed E-state index contributed by atoms with van der Waals surface area (Å²) in [5.41, 5.74) is 1.59. The minimum absolute atomic E-state index is 0.0640. The highest BCUT2D eigenvalue weighted by atomic mass is 35.5. The van der Waals surface area contributed by atoms with Crippen LogP contribution in [0.4, 0.5) is 20.7 Å². The number of anilines is 2. The number of nitrogens with zero attached hydrogens (tertiary/aromatic N) is 3. The molecule has 0 spiro atoms. The molecule has 6 nitrogen and oxygen atoms in total. The molecule has 3 aromatic carbocycles.